The van der Waals surface area contributed by atoms with Crippen LogP contribution >= 0.6 is 23.2 Å². The van der Waals surface area contributed by atoms with Gasteiger partial charge in [0.15, 0.2) is 5.82 Å². The number of carbonyl (C=O) groups is 2. The van der Waals surface area contributed by atoms with E-state index in [0.717, 1.165) is 18.2 Å². The number of halogens is 12. The molecule has 1 unspecified atom stereocenters. The van der Waals surface area contributed by atoms with Gasteiger partial charge in [-0.05, 0) is 55.0 Å². The first-order chi connectivity index (χ1) is 19.7. The molecule has 3 rings (SSSR count). The van der Waals surface area contributed by atoms with Crippen LogP contribution in [0.4, 0.5) is 55.3 Å². The highest BCUT2D eigenvalue weighted by molar-refractivity contribution is 6.40. The second-order valence-electron chi connectivity index (χ2n) is 8.76. The fourth-order valence-corrected chi connectivity index (χ4v) is 4.35. The first-order valence-corrected chi connectivity index (χ1v) is 12.0. The number of nitriles is 1. The standard InChI is InChI=1S/C26H13Cl2F10N3O2/c1-11-7-12(10-39)5-6-14(11)21(42)40-18-4-2-3-15(19(18)29)22(43)41-20-16(27)8-13(9-17(20)28)23(30,25(33,34)35)24(31,32)26(36,37)38/h2-9H,1H3,(H,40,42)(H,41,43). The van der Waals surface area contributed by atoms with Crippen LogP contribution in [0.15, 0.2) is 48.5 Å². The lowest BCUT2D eigenvalue weighted by Gasteiger charge is -2.36. The summed E-state index contributed by atoms with van der Waals surface area (Å²) in [7, 11) is 0. The molecule has 0 aliphatic carbocycles. The van der Waals surface area contributed by atoms with Crippen molar-refractivity contribution in [2.24, 2.45) is 0 Å². The van der Waals surface area contributed by atoms with Crippen molar-refractivity contribution in [3.05, 3.63) is 92.2 Å². The van der Waals surface area contributed by atoms with Gasteiger partial charge >= 0.3 is 23.9 Å². The van der Waals surface area contributed by atoms with Crippen LogP contribution in [-0.2, 0) is 5.67 Å². The number of hydrogen-bond acceptors (Lipinski definition) is 3. The van der Waals surface area contributed by atoms with Gasteiger partial charge in [-0.15, -0.1) is 0 Å². The Bertz CT molecular complexity index is 1630. The summed E-state index contributed by atoms with van der Waals surface area (Å²) in [5, 5.41) is 10.6. The largest absolute Gasteiger partial charge is 0.457 e. The van der Waals surface area contributed by atoms with Gasteiger partial charge in [-0.25, -0.2) is 8.78 Å². The van der Waals surface area contributed by atoms with E-state index in [1.54, 1.807) is 0 Å². The Balaban J connectivity index is 1.96. The lowest BCUT2D eigenvalue weighted by Crippen LogP contribution is -2.59. The molecule has 0 radical (unpaired) electrons. The topological polar surface area (TPSA) is 82.0 Å². The highest BCUT2D eigenvalue weighted by Gasteiger charge is 2.81. The molecule has 0 aromatic heterocycles. The molecule has 2 amide bonds. The summed E-state index contributed by atoms with van der Waals surface area (Å²) in [5.41, 5.74) is -10.3. The molecule has 228 valence electrons. The molecule has 2 N–H and O–H groups in total. The third-order valence-corrected chi connectivity index (χ3v) is 6.55. The predicted molar refractivity (Wildman–Crippen MR) is 135 cm³/mol. The average Bonchev–Trinajstić information content (AvgIpc) is 2.89. The van der Waals surface area contributed by atoms with Gasteiger partial charge in [-0.1, -0.05) is 29.3 Å². The normalized spacial score (nSPS) is 13.6. The zero-order valence-electron chi connectivity index (χ0n) is 20.9. The smallest absolute Gasteiger partial charge is 0.319 e. The summed E-state index contributed by atoms with van der Waals surface area (Å²) in [5.74, 6) is -10.6. The van der Waals surface area contributed by atoms with Crippen molar-refractivity contribution in [2.75, 3.05) is 10.6 Å². The van der Waals surface area contributed by atoms with Crippen LogP contribution in [0.1, 0.15) is 37.4 Å². The number of benzene rings is 3. The molecule has 0 aliphatic heterocycles. The fraction of sp³-hybridized carbons (Fsp3) is 0.192. The Morgan fingerprint density at radius 3 is 1.84 bits per heavy atom. The Labute approximate surface area is 245 Å². The number of alkyl halides is 9. The van der Waals surface area contributed by atoms with Crippen molar-refractivity contribution in [1.29, 1.82) is 5.26 Å². The quantitative estimate of drug-likeness (QED) is 0.260. The van der Waals surface area contributed by atoms with Crippen molar-refractivity contribution >= 4 is 46.4 Å². The van der Waals surface area contributed by atoms with Crippen molar-refractivity contribution < 1.29 is 53.5 Å². The summed E-state index contributed by atoms with van der Waals surface area (Å²) in [6.07, 6.45) is -13.8. The van der Waals surface area contributed by atoms with Crippen LogP contribution in [0, 0.1) is 24.1 Å². The molecule has 1 atom stereocenters. The van der Waals surface area contributed by atoms with E-state index in [1.807, 2.05) is 11.4 Å². The summed E-state index contributed by atoms with van der Waals surface area (Å²) in [6.45, 7) is 1.50. The van der Waals surface area contributed by atoms with Gasteiger partial charge in [0, 0.05) is 11.1 Å². The van der Waals surface area contributed by atoms with Gasteiger partial charge in [0.2, 0.25) is 0 Å². The van der Waals surface area contributed by atoms with Crippen LogP contribution in [0.5, 0.6) is 0 Å². The summed E-state index contributed by atoms with van der Waals surface area (Å²) in [6, 6.07) is 8.41. The number of amides is 2. The van der Waals surface area contributed by atoms with Crippen LogP contribution in [-0.4, -0.2) is 30.1 Å². The minimum absolute atomic E-state index is 0.0470. The highest BCUT2D eigenvalue weighted by atomic mass is 35.5. The maximum atomic E-state index is 15.2. The summed E-state index contributed by atoms with van der Waals surface area (Å²) in [4.78, 5) is 25.4. The molecule has 5 nitrogen and oxygen atoms in total. The fourth-order valence-electron chi connectivity index (χ4n) is 3.77. The maximum absolute atomic E-state index is 15.2. The third-order valence-electron chi connectivity index (χ3n) is 5.95. The van der Waals surface area contributed by atoms with E-state index < -0.39 is 74.1 Å². The number of nitrogens with zero attached hydrogens (tertiary/aromatic N) is 1. The maximum Gasteiger partial charge on any atom is 0.457 e. The molecule has 17 heteroatoms. The zero-order valence-corrected chi connectivity index (χ0v) is 22.4. The number of hydrogen-bond donors (Lipinski definition) is 2. The molecule has 3 aromatic rings. The molecule has 0 heterocycles. The Kier molecular flexibility index (Phi) is 9.01. The van der Waals surface area contributed by atoms with Gasteiger partial charge in [-0.3, -0.25) is 9.59 Å². The van der Waals surface area contributed by atoms with E-state index in [1.165, 1.54) is 25.1 Å². The minimum atomic E-state index is -7.00. The molecule has 0 saturated carbocycles. The van der Waals surface area contributed by atoms with Crippen LogP contribution < -0.4 is 10.6 Å². The molecule has 0 spiro atoms. The van der Waals surface area contributed by atoms with Gasteiger partial charge in [-0.2, -0.15) is 40.4 Å². The SMILES string of the molecule is Cc1cc(C#N)ccc1C(=O)Nc1cccc(C(=O)Nc2c(Cl)cc(C(F)(C(F)(F)F)C(F)(F)C(F)(F)F)cc2Cl)c1F. The first-order valence-electron chi connectivity index (χ1n) is 11.3. The molecule has 0 saturated heterocycles. The van der Waals surface area contributed by atoms with E-state index in [9.17, 15) is 49.1 Å². The van der Waals surface area contributed by atoms with E-state index in [-0.39, 0.29) is 23.3 Å². The zero-order chi connectivity index (χ0) is 32.7. The summed E-state index contributed by atoms with van der Waals surface area (Å²) < 4.78 is 136. The van der Waals surface area contributed by atoms with Crippen LogP contribution in [0.3, 0.4) is 0 Å². The molecular formula is C26H13Cl2F10N3O2. The first kappa shape index (κ1) is 33.5. The Morgan fingerprint density at radius 1 is 0.791 bits per heavy atom. The lowest BCUT2D eigenvalue weighted by molar-refractivity contribution is -0.389. The number of nitrogens with one attached hydrogen (secondary N) is 2. The van der Waals surface area contributed by atoms with E-state index in [4.69, 9.17) is 28.5 Å². The Morgan fingerprint density at radius 2 is 1.35 bits per heavy atom. The van der Waals surface area contributed by atoms with Crippen molar-refractivity contribution in [1.82, 2.24) is 0 Å². The van der Waals surface area contributed by atoms with Gasteiger partial charge < -0.3 is 10.6 Å². The number of carbonyl (C=O) groups excluding carboxylic acids is 2. The van der Waals surface area contributed by atoms with Crippen molar-refractivity contribution in [2.45, 2.75) is 30.9 Å². The van der Waals surface area contributed by atoms with Crippen molar-refractivity contribution in [3.63, 3.8) is 0 Å². The molecule has 0 aliphatic rings. The third kappa shape index (κ3) is 6.07. The van der Waals surface area contributed by atoms with E-state index >= 15 is 4.39 Å². The Hall–Kier alpha value is -4.03. The molecule has 0 fully saturated rings. The van der Waals surface area contributed by atoms with Crippen LogP contribution in [0.25, 0.3) is 0 Å². The minimum Gasteiger partial charge on any atom is -0.319 e. The second-order valence-corrected chi connectivity index (χ2v) is 9.57. The highest BCUT2D eigenvalue weighted by Crippen LogP contribution is 2.59. The van der Waals surface area contributed by atoms with Gasteiger partial charge in [0.25, 0.3) is 11.8 Å². The van der Waals surface area contributed by atoms with Crippen LogP contribution in [0.2, 0.25) is 10.0 Å². The van der Waals surface area contributed by atoms with Crippen molar-refractivity contribution in [3.8, 4) is 6.07 Å². The average molecular weight is 660 g/mol. The van der Waals surface area contributed by atoms with Gasteiger partial charge in [0.1, 0.15) is 0 Å². The predicted octanol–water partition coefficient (Wildman–Crippen LogP) is 8.74. The summed E-state index contributed by atoms with van der Waals surface area (Å²) >= 11 is 11.4. The number of anilines is 2. The molecular weight excluding hydrogens is 647 g/mol. The molecule has 3 aromatic carbocycles. The van der Waals surface area contributed by atoms with E-state index in [0.29, 0.717) is 5.56 Å². The lowest BCUT2D eigenvalue weighted by atomic mass is 9.87. The number of aryl methyl sites for hydroxylation is 1. The van der Waals surface area contributed by atoms with E-state index in [2.05, 4.69) is 5.32 Å². The second kappa shape index (κ2) is 11.6. The monoisotopic (exact) mass is 659 g/mol. The molecule has 43 heavy (non-hydrogen) atoms. The number of rotatable bonds is 6. The van der Waals surface area contributed by atoms with Gasteiger partial charge in [0.05, 0.1) is 38.6 Å². The molecule has 0 bridgehead atoms.